The van der Waals surface area contributed by atoms with Crippen LogP contribution in [0.25, 0.3) is 0 Å². The summed E-state index contributed by atoms with van der Waals surface area (Å²) >= 11 is 0. The molecule has 0 saturated heterocycles. The highest BCUT2D eigenvalue weighted by molar-refractivity contribution is 6.70. The molecule has 6 heteroatoms. The molecule has 24 heavy (non-hydrogen) atoms. The maximum Gasteiger partial charge on any atom is 0.242 e. The third kappa shape index (κ3) is 10.5. The largest absolute Gasteiger partial charge is 0.544 e. The van der Waals surface area contributed by atoms with Crippen LogP contribution in [0.4, 0.5) is 0 Å². The van der Waals surface area contributed by atoms with Crippen molar-refractivity contribution in [1.82, 2.24) is 0 Å². The zero-order valence-electron chi connectivity index (χ0n) is 17.0. The molecular formula is C18H36O3Si3. The van der Waals surface area contributed by atoms with Crippen molar-refractivity contribution >= 4 is 25.0 Å². The van der Waals surface area contributed by atoms with Crippen LogP contribution in [0.2, 0.25) is 58.9 Å². The summed E-state index contributed by atoms with van der Waals surface area (Å²) < 4.78 is 18.5. The summed E-state index contributed by atoms with van der Waals surface area (Å²) in [4.78, 5) is 0. The van der Waals surface area contributed by atoms with E-state index < -0.39 is 25.0 Å². The zero-order valence-corrected chi connectivity index (χ0v) is 20.0. The molecule has 1 aromatic carbocycles. The maximum atomic E-state index is 6.36. The second-order valence-corrected chi connectivity index (χ2v) is 22.7. The summed E-state index contributed by atoms with van der Waals surface area (Å²) in [6, 6.07) is 8.48. The first-order valence-electron chi connectivity index (χ1n) is 8.83. The summed E-state index contributed by atoms with van der Waals surface area (Å²) in [7, 11) is -4.67. The van der Waals surface area contributed by atoms with Crippen molar-refractivity contribution in [3.8, 4) is 5.75 Å². The molecule has 1 unspecified atom stereocenters. The number of rotatable bonds is 9. The normalized spacial score (nSPS) is 14.5. The first-order valence-corrected chi connectivity index (χ1v) is 19.1. The van der Waals surface area contributed by atoms with E-state index in [2.05, 4.69) is 83.2 Å². The van der Waals surface area contributed by atoms with Gasteiger partial charge in [0.2, 0.25) is 8.32 Å². The van der Waals surface area contributed by atoms with E-state index >= 15 is 0 Å². The summed E-state index contributed by atoms with van der Waals surface area (Å²) in [5, 5.41) is 0. The average Bonchev–Trinajstić information content (AvgIpc) is 2.34. The van der Waals surface area contributed by atoms with Crippen LogP contribution >= 0.6 is 0 Å². The van der Waals surface area contributed by atoms with Crippen LogP contribution in [0, 0.1) is 0 Å². The van der Waals surface area contributed by atoms with Crippen molar-refractivity contribution < 1.29 is 13.3 Å². The third-order valence-electron chi connectivity index (χ3n) is 3.03. The van der Waals surface area contributed by atoms with E-state index in [9.17, 15) is 0 Å². The predicted octanol–water partition coefficient (Wildman–Crippen LogP) is 5.51. The van der Waals surface area contributed by atoms with E-state index in [1.54, 1.807) is 0 Å². The molecule has 3 nitrogen and oxygen atoms in total. The molecule has 0 aliphatic rings. The quantitative estimate of drug-likeness (QED) is 0.525. The van der Waals surface area contributed by atoms with Gasteiger partial charge < -0.3 is 13.3 Å². The highest BCUT2D eigenvalue weighted by Crippen LogP contribution is 2.20. The lowest BCUT2D eigenvalue weighted by Crippen LogP contribution is -2.39. The van der Waals surface area contributed by atoms with Gasteiger partial charge in [-0.1, -0.05) is 12.1 Å². The topological polar surface area (TPSA) is 27.7 Å². The van der Waals surface area contributed by atoms with E-state index in [1.165, 1.54) is 5.56 Å². The molecule has 0 amide bonds. The molecule has 0 bridgehead atoms. The third-order valence-corrected chi connectivity index (χ3v) is 5.95. The number of hydrogen-bond acceptors (Lipinski definition) is 3. The lowest BCUT2D eigenvalue weighted by atomic mass is 10.1. The van der Waals surface area contributed by atoms with Gasteiger partial charge in [-0.15, -0.1) is 0 Å². The first kappa shape index (κ1) is 21.6. The molecule has 0 N–H and O–H groups in total. The second-order valence-electron chi connectivity index (χ2n) is 9.34. The van der Waals surface area contributed by atoms with Crippen LogP contribution in [0.5, 0.6) is 5.75 Å². The monoisotopic (exact) mass is 384 g/mol. The minimum atomic E-state index is -1.60. The Morgan fingerprint density at radius 2 is 1.29 bits per heavy atom. The van der Waals surface area contributed by atoms with Gasteiger partial charge in [0, 0.05) is 0 Å². The van der Waals surface area contributed by atoms with Gasteiger partial charge >= 0.3 is 0 Å². The van der Waals surface area contributed by atoms with Crippen LogP contribution in [-0.2, 0) is 15.3 Å². The molecule has 0 aliphatic carbocycles. The Balaban J connectivity index is 2.74. The highest BCUT2D eigenvalue weighted by atomic mass is 28.4. The van der Waals surface area contributed by atoms with E-state index in [0.29, 0.717) is 6.61 Å². The lowest BCUT2D eigenvalue weighted by molar-refractivity contribution is 0.119. The first-order chi connectivity index (χ1) is 10.7. The van der Waals surface area contributed by atoms with E-state index in [4.69, 9.17) is 13.3 Å². The molecule has 0 fully saturated rings. The molecule has 0 aliphatic heterocycles. The van der Waals surface area contributed by atoms with Gasteiger partial charge in [0.25, 0.3) is 0 Å². The maximum absolute atomic E-state index is 6.36. The van der Waals surface area contributed by atoms with Gasteiger partial charge in [-0.05, 0) is 83.0 Å². The van der Waals surface area contributed by atoms with Gasteiger partial charge in [-0.2, -0.15) is 0 Å². The Labute approximate surface area is 152 Å². The lowest BCUT2D eigenvalue weighted by Gasteiger charge is -2.29. The molecule has 1 rings (SSSR count). The fourth-order valence-electron chi connectivity index (χ4n) is 2.29. The molecule has 0 saturated carbocycles. The second kappa shape index (κ2) is 8.31. The molecule has 0 radical (unpaired) electrons. The Morgan fingerprint density at radius 1 is 0.750 bits per heavy atom. The van der Waals surface area contributed by atoms with E-state index in [0.717, 1.165) is 12.2 Å². The Morgan fingerprint density at radius 3 is 1.71 bits per heavy atom. The summed E-state index contributed by atoms with van der Waals surface area (Å²) in [6.07, 6.45) is 1.02. The van der Waals surface area contributed by atoms with Crippen LogP contribution in [0.1, 0.15) is 5.56 Å². The Hall–Kier alpha value is -0.409. The van der Waals surface area contributed by atoms with Crippen LogP contribution in [0.15, 0.2) is 24.3 Å². The van der Waals surface area contributed by atoms with Gasteiger partial charge in [0.1, 0.15) is 5.75 Å². The minimum absolute atomic E-state index is 0.132. The van der Waals surface area contributed by atoms with Gasteiger partial charge in [-0.25, -0.2) is 0 Å². The average molecular weight is 385 g/mol. The standard InChI is InChI=1S/C18H36O3Si3/c1-22(2,3)19-15-18(21-24(7,8)9)14-16-10-12-17(13-11-16)20-23(4,5)6/h10-13,18H,14-15H2,1-9H3. The Kier molecular flexibility index (Phi) is 7.49. The van der Waals surface area contributed by atoms with Crippen molar-refractivity contribution in [3.63, 3.8) is 0 Å². The van der Waals surface area contributed by atoms with Gasteiger partial charge in [-0.3, -0.25) is 0 Å². The van der Waals surface area contributed by atoms with Gasteiger partial charge in [0.15, 0.2) is 16.6 Å². The van der Waals surface area contributed by atoms with Crippen molar-refractivity contribution in [1.29, 1.82) is 0 Å². The molecule has 1 atom stereocenters. The number of hydrogen-bond donors (Lipinski definition) is 0. The molecular weight excluding hydrogens is 348 g/mol. The fraction of sp³-hybridized carbons (Fsp3) is 0.667. The smallest absolute Gasteiger partial charge is 0.242 e. The van der Waals surface area contributed by atoms with Gasteiger partial charge in [0.05, 0.1) is 12.7 Å². The summed E-state index contributed by atoms with van der Waals surface area (Å²) in [5.41, 5.74) is 1.28. The molecule has 0 spiro atoms. The van der Waals surface area contributed by atoms with Crippen LogP contribution < -0.4 is 4.43 Å². The van der Waals surface area contributed by atoms with E-state index in [-0.39, 0.29) is 6.10 Å². The summed E-state index contributed by atoms with van der Waals surface area (Å²) in [6.45, 7) is 20.7. The molecule has 138 valence electrons. The van der Waals surface area contributed by atoms with E-state index in [1.807, 2.05) is 0 Å². The number of benzene rings is 1. The fourth-order valence-corrected chi connectivity index (χ4v) is 4.97. The van der Waals surface area contributed by atoms with Crippen LogP contribution in [-0.4, -0.2) is 37.7 Å². The predicted molar refractivity (Wildman–Crippen MR) is 112 cm³/mol. The minimum Gasteiger partial charge on any atom is -0.544 e. The van der Waals surface area contributed by atoms with Crippen molar-refractivity contribution in [2.45, 2.75) is 71.4 Å². The molecule has 1 aromatic rings. The molecule has 0 aromatic heterocycles. The molecule has 0 heterocycles. The van der Waals surface area contributed by atoms with Crippen LogP contribution in [0.3, 0.4) is 0 Å². The zero-order chi connectivity index (χ0) is 18.6. The van der Waals surface area contributed by atoms with Crippen molar-refractivity contribution in [2.75, 3.05) is 6.61 Å². The highest BCUT2D eigenvalue weighted by Gasteiger charge is 2.24. The van der Waals surface area contributed by atoms with Crippen molar-refractivity contribution in [2.24, 2.45) is 0 Å². The van der Waals surface area contributed by atoms with Crippen molar-refractivity contribution in [3.05, 3.63) is 29.8 Å². The summed E-state index contributed by atoms with van der Waals surface area (Å²) in [5.74, 6) is 0.971. The Bertz CT molecular complexity index is 496. The SMILES string of the molecule is C[Si](C)(C)OCC(Cc1ccc(O[Si](C)(C)C)cc1)O[Si](C)(C)C.